The standard InChI is InChI=1S/C22H18ClF3N4O2/c1-2-19(31)30-11-15(12-30)32-18-10-28-20(13-3-5-14(6-4-13)22(24,25)26)21(29-18)16-7-8-27-9-17(16)23/h3-10,15H,2,11-12H2,1H3. The first-order valence-corrected chi connectivity index (χ1v) is 10.2. The minimum absolute atomic E-state index is 0.0536. The second-order valence-corrected chi connectivity index (χ2v) is 7.64. The smallest absolute Gasteiger partial charge is 0.416 e. The van der Waals surface area contributed by atoms with Gasteiger partial charge in [-0.05, 0) is 18.2 Å². The Kier molecular flexibility index (Phi) is 6.01. The van der Waals surface area contributed by atoms with Gasteiger partial charge in [0.1, 0.15) is 11.8 Å². The van der Waals surface area contributed by atoms with Crippen LogP contribution in [-0.4, -0.2) is 45.0 Å². The van der Waals surface area contributed by atoms with Crippen molar-refractivity contribution >= 4 is 17.5 Å². The van der Waals surface area contributed by atoms with Crippen molar-refractivity contribution in [2.45, 2.75) is 25.6 Å². The molecule has 0 aliphatic carbocycles. The summed E-state index contributed by atoms with van der Waals surface area (Å²) in [7, 11) is 0. The highest BCUT2D eigenvalue weighted by Crippen LogP contribution is 2.36. The highest BCUT2D eigenvalue weighted by atomic mass is 35.5. The number of benzene rings is 1. The number of halogens is 4. The summed E-state index contributed by atoms with van der Waals surface area (Å²) in [6.07, 6.45) is 0.178. The number of hydrogen-bond acceptors (Lipinski definition) is 5. The third kappa shape index (κ3) is 4.52. The Balaban J connectivity index is 1.66. The lowest BCUT2D eigenvalue weighted by molar-refractivity contribution is -0.139. The fraction of sp³-hybridized carbons (Fsp3) is 0.273. The summed E-state index contributed by atoms with van der Waals surface area (Å²) in [6.45, 7) is 2.72. The third-order valence-electron chi connectivity index (χ3n) is 5.05. The molecule has 0 saturated carbocycles. The van der Waals surface area contributed by atoms with Gasteiger partial charge in [0.15, 0.2) is 0 Å². The zero-order valence-corrected chi connectivity index (χ0v) is 17.7. The third-order valence-corrected chi connectivity index (χ3v) is 5.36. The number of likely N-dealkylation sites (tertiary alicyclic amines) is 1. The van der Waals surface area contributed by atoms with Crippen LogP contribution in [-0.2, 0) is 11.0 Å². The van der Waals surface area contributed by atoms with Crippen LogP contribution in [0.5, 0.6) is 5.88 Å². The van der Waals surface area contributed by atoms with Crippen LogP contribution in [0.3, 0.4) is 0 Å². The predicted molar refractivity (Wildman–Crippen MR) is 112 cm³/mol. The first kappa shape index (κ1) is 22.0. The molecular weight excluding hydrogens is 445 g/mol. The summed E-state index contributed by atoms with van der Waals surface area (Å²) in [4.78, 5) is 26.3. The summed E-state index contributed by atoms with van der Waals surface area (Å²) in [5.41, 5.74) is 0.925. The van der Waals surface area contributed by atoms with Crippen molar-refractivity contribution in [3.05, 3.63) is 59.5 Å². The van der Waals surface area contributed by atoms with Crippen LogP contribution >= 0.6 is 11.6 Å². The van der Waals surface area contributed by atoms with Crippen LogP contribution in [0, 0.1) is 0 Å². The van der Waals surface area contributed by atoms with E-state index >= 15 is 0 Å². The largest absolute Gasteiger partial charge is 0.469 e. The lowest BCUT2D eigenvalue weighted by Crippen LogP contribution is -2.56. The molecule has 3 heterocycles. The van der Waals surface area contributed by atoms with Crippen LogP contribution in [0.1, 0.15) is 18.9 Å². The van der Waals surface area contributed by atoms with Gasteiger partial charge in [-0.2, -0.15) is 13.2 Å². The van der Waals surface area contributed by atoms with Crippen molar-refractivity contribution < 1.29 is 22.7 Å². The van der Waals surface area contributed by atoms with Gasteiger partial charge in [0, 0.05) is 29.9 Å². The zero-order chi connectivity index (χ0) is 22.9. The van der Waals surface area contributed by atoms with Gasteiger partial charge < -0.3 is 9.64 Å². The quantitative estimate of drug-likeness (QED) is 0.540. The Hall–Kier alpha value is -3.20. The lowest BCUT2D eigenvalue weighted by Gasteiger charge is -2.38. The number of pyridine rings is 1. The van der Waals surface area contributed by atoms with Crippen molar-refractivity contribution in [1.29, 1.82) is 0 Å². The minimum atomic E-state index is -4.44. The Morgan fingerprint density at radius 1 is 1.16 bits per heavy atom. The number of nitrogens with zero attached hydrogens (tertiary/aromatic N) is 4. The van der Waals surface area contributed by atoms with E-state index in [1.165, 1.54) is 30.7 Å². The fourth-order valence-electron chi connectivity index (χ4n) is 3.32. The Morgan fingerprint density at radius 2 is 1.88 bits per heavy atom. The van der Waals surface area contributed by atoms with E-state index < -0.39 is 11.7 Å². The summed E-state index contributed by atoms with van der Waals surface area (Å²) in [5, 5.41) is 0.315. The van der Waals surface area contributed by atoms with Crippen LogP contribution < -0.4 is 4.74 Å². The summed E-state index contributed by atoms with van der Waals surface area (Å²) in [6, 6.07) is 6.31. The Bertz CT molecular complexity index is 1130. The molecule has 0 bridgehead atoms. The highest BCUT2D eigenvalue weighted by molar-refractivity contribution is 6.33. The van der Waals surface area contributed by atoms with Gasteiger partial charge in [-0.25, -0.2) is 9.97 Å². The molecule has 1 amide bonds. The van der Waals surface area contributed by atoms with E-state index in [0.717, 1.165) is 12.1 Å². The molecule has 32 heavy (non-hydrogen) atoms. The SMILES string of the molecule is CCC(=O)N1CC(Oc2cnc(-c3ccc(C(F)(F)F)cc3)c(-c3ccncc3Cl)n2)C1. The van der Waals surface area contributed by atoms with Crippen molar-refractivity contribution in [2.24, 2.45) is 0 Å². The average Bonchev–Trinajstić information content (AvgIpc) is 2.75. The van der Waals surface area contributed by atoms with Crippen LogP contribution in [0.4, 0.5) is 13.2 Å². The predicted octanol–water partition coefficient (Wildman–Crippen LogP) is 4.88. The second kappa shape index (κ2) is 8.74. The molecule has 1 aliphatic rings. The number of carbonyl (C=O) groups excluding carboxylic acids is 1. The molecule has 3 aromatic rings. The maximum atomic E-state index is 12.9. The van der Waals surface area contributed by atoms with Crippen LogP contribution in [0.2, 0.25) is 5.02 Å². The number of aromatic nitrogens is 3. The van der Waals surface area contributed by atoms with Crippen molar-refractivity contribution in [3.8, 4) is 28.4 Å². The van der Waals surface area contributed by atoms with E-state index in [0.29, 0.717) is 47.0 Å². The molecule has 166 valence electrons. The monoisotopic (exact) mass is 462 g/mol. The highest BCUT2D eigenvalue weighted by Gasteiger charge is 2.32. The van der Waals surface area contributed by atoms with E-state index in [1.54, 1.807) is 17.9 Å². The lowest BCUT2D eigenvalue weighted by atomic mass is 10.0. The topological polar surface area (TPSA) is 68.2 Å². The molecule has 0 N–H and O–H groups in total. The second-order valence-electron chi connectivity index (χ2n) is 7.23. The fourth-order valence-corrected chi connectivity index (χ4v) is 3.53. The maximum Gasteiger partial charge on any atom is 0.416 e. The van der Waals surface area contributed by atoms with Crippen molar-refractivity contribution in [1.82, 2.24) is 19.9 Å². The molecule has 6 nitrogen and oxygen atoms in total. The van der Waals surface area contributed by atoms with E-state index in [2.05, 4.69) is 15.0 Å². The molecule has 4 rings (SSSR count). The van der Waals surface area contributed by atoms with Gasteiger partial charge in [0.2, 0.25) is 11.8 Å². The number of rotatable bonds is 5. The van der Waals surface area contributed by atoms with Gasteiger partial charge in [-0.15, -0.1) is 0 Å². The van der Waals surface area contributed by atoms with Gasteiger partial charge in [-0.3, -0.25) is 9.78 Å². The maximum absolute atomic E-state index is 12.9. The molecule has 1 fully saturated rings. The van der Waals surface area contributed by atoms with Crippen LogP contribution in [0.25, 0.3) is 22.5 Å². The summed E-state index contributed by atoms with van der Waals surface area (Å²) in [5.74, 6) is 0.287. The molecule has 1 saturated heterocycles. The van der Waals surface area contributed by atoms with E-state index in [4.69, 9.17) is 16.3 Å². The Morgan fingerprint density at radius 3 is 2.50 bits per heavy atom. The van der Waals surface area contributed by atoms with Gasteiger partial charge in [-0.1, -0.05) is 30.7 Å². The van der Waals surface area contributed by atoms with E-state index in [-0.39, 0.29) is 17.9 Å². The summed E-state index contributed by atoms with van der Waals surface area (Å²) >= 11 is 6.31. The molecule has 10 heteroatoms. The molecule has 1 aliphatic heterocycles. The molecule has 0 unspecified atom stereocenters. The van der Waals surface area contributed by atoms with Crippen molar-refractivity contribution in [2.75, 3.05) is 13.1 Å². The van der Waals surface area contributed by atoms with Crippen LogP contribution in [0.15, 0.2) is 48.9 Å². The minimum Gasteiger partial charge on any atom is -0.469 e. The molecule has 0 atom stereocenters. The normalized spacial score (nSPS) is 14.2. The summed E-state index contributed by atoms with van der Waals surface area (Å²) < 4.78 is 44.7. The van der Waals surface area contributed by atoms with Crippen molar-refractivity contribution in [3.63, 3.8) is 0 Å². The number of hydrogen-bond donors (Lipinski definition) is 0. The van der Waals surface area contributed by atoms with Gasteiger partial charge in [0.25, 0.3) is 0 Å². The zero-order valence-electron chi connectivity index (χ0n) is 16.9. The van der Waals surface area contributed by atoms with E-state index in [9.17, 15) is 18.0 Å². The first-order valence-electron chi connectivity index (χ1n) is 9.85. The average molecular weight is 463 g/mol. The molecule has 1 aromatic carbocycles. The molecule has 0 radical (unpaired) electrons. The number of alkyl halides is 3. The first-order chi connectivity index (χ1) is 15.3. The van der Waals surface area contributed by atoms with Gasteiger partial charge in [0.05, 0.1) is 35.6 Å². The number of carbonyl (C=O) groups is 1. The molecular formula is C22H18ClF3N4O2. The molecule has 2 aromatic heterocycles. The van der Waals surface area contributed by atoms with E-state index in [1.807, 2.05) is 0 Å². The molecule has 0 spiro atoms. The number of ether oxygens (including phenoxy) is 1. The Labute approximate surface area is 187 Å². The van der Waals surface area contributed by atoms with Gasteiger partial charge >= 0.3 is 6.18 Å². The number of amides is 1.